The van der Waals surface area contributed by atoms with Crippen LogP contribution in [0.1, 0.15) is 28.2 Å². The number of benzene rings is 4. The molecule has 0 bridgehead atoms. The van der Waals surface area contributed by atoms with E-state index in [0.717, 1.165) is 16.9 Å². The van der Waals surface area contributed by atoms with Crippen molar-refractivity contribution in [1.82, 2.24) is 5.32 Å². The predicted octanol–water partition coefficient (Wildman–Crippen LogP) is 6.16. The number of carbonyl (C=O) groups excluding carboxylic acids is 1. The second-order valence-electron chi connectivity index (χ2n) is 8.28. The number of amides is 1. The zero-order valence-corrected chi connectivity index (χ0v) is 19.2. The van der Waals surface area contributed by atoms with Crippen molar-refractivity contribution in [2.24, 2.45) is 0 Å². The van der Waals surface area contributed by atoms with Crippen molar-refractivity contribution in [3.63, 3.8) is 0 Å². The van der Waals surface area contributed by atoms with Gasteiger partial charge in [0.1, 0.15) is 19.0 Å². The highest BCUT2D eigenvalue weighted by molar-refractivity contribution is 5.79. The standard InChI is InChI=1S/C31H25NO3/c33-31(35-22-30-28-14-6-4-12-26(28)27-13-5-7-15-29(27)30)32-20-8-11-23-16-18-25(19-17-23)34-21-24-9-2-1-3-10-24/h1-7,9-10,12-19,30H,20-22H2,(H,32,33). The van der Waals surface area contributed by atoms with E-state index in [-0.39, 0.29) is 19.1 Å². The largest absolute Gasteiger partial charge is 0.489 e. The van der Waals surface area contributed by atoms with Gasteiger partial charge in [0.2, 0.25) is 0 Å². The first-order chi connectivity index (χ1) is 17.3. The van der Waals surface area contributed by atoms with Crippen molar-refractivity contribution in [1.29, 1.82) is 0 Å². The molecule has 4 nitrogen and oxygen atoms in total. The Kier molecular flexibility index (Phi) is 6.77. The van der Waals surface area contributed by atoms with Gasteiger partial charge < -0.3 is 14.8 Å². The summed E-state index contributed by atoms with van der Waals surface area (Å²) in [6, 6.07) is 34.2. The van der Waals surface area contributed by atoms with E-state index >= 15 is 0 Å². The minimum Gasteiger partial charge on any atom is -0.489 e. The maximum absolute atomic E-state index is 12.3. The van der Waals surface area contributed by atoms with Gasteiger partial charge in [-0.15, -0.1) is 0 Å². The molecule has 0 saturated heterocycles. The zero-order valence-electron chi connectivity index (χ0n) is 19.2. The Morgan fingerprint density at radius 2 is 1.40 bits per heavy atom. The fourth-order valence-corrected chi connectivity index (χ4v) is 4.29. The van der Waals surface area contributed by atoms with Crippen molar-refractivity contribution in [2.75, 3.05) is 13.2 Å². The summed E-state index contributed by atoms with van der Waals surface area (Å²) in [4.78, 5) is 12.3. The Labute approximate surface area is 205 Å². The van der Waals surface area contributed by atoms with Gasteiger partial charge >= 0.3 is 6.09 Å². The SMILES string of the molecule is O=C(NCC#Cc1ccc(OCc2ccccc2)cc1)OCC1c2ccccc2-c2ccccc21. The first-order valence-corrected chi connectivity index (χ1v) is 11.6. The number of ether oxygens (including phenoxy) is 2. The molecule has 0 atom stereocenters. The van der Waals surface area contributed by atoms with Gasteiger partial charge in [0.25, 0.3) is 0 Å². The predicted molar refractivity (Wildman–Crippen MR) is 137 cm³/mol. The third-order valence-corrected chi connectivity index (χ3v) is 6.00. The molecule has 35 heavy (non-hydrogen) atoms. The molecule has 5 rings (SSSR count). The molecule has 0 unspecified atom stereocenters. The summed E-state index contributed by atoms with van der Waals surface area (Å²) in [5.41, 5.74) is 6.77. The Morgan fingerprint density at radius 1 is 0.771 bits per heavy atom. The first-order valence-electron chi connectivity index (χ1n) is 11.6. The molecule has 172 valence electrons. The van der Waals surface area contributed by atoms with Crippen LogP contribution in [0.4, 0.5) is 4.79 Å². The van der Waals surface area contributed by atoms with E-state index in [1.165, 1.54) is 22.3 Å². The monoisotopic (exact) mass is 459 g/mol. The summed E-state index contributed by atoms with van der Waals surface area (Å²) in [6.07, 6.45) is -0.467. The van der Waals surface area contributed by atoms with E-state index in [1.54, 1.807) is 0 Å². The van der Waals surface area contributed by atoms with Crippen LogP contribution < -0.4 is 10.1 Å². The summed E-state index contributed by atoms with van der Waals surface area (Å²) in [6.45, 7) is 1.02. The molecule has 0 fully saturated rings. The zero-order chi connectivity index (χ0) is 23.9. The molecule has 0 aromatic heterocycles. The number of carbonyl (C=O) groups is 1. The van der Waals surface area contributed by atoms with E-state index in [2.05, 4.69) is 41.4 Å². The third-order valence-electron chi connectivity index (χ3n) is 6.00. The molecule has 4 aromatic rings. The van der Waals surface area contributed by atoms with Crippen LogP contribution in [-0.2, 0) is 11.3 Å². The van der Waals surface area contributed by atoms with Gasteiger partial charge in [-0.25, -0.2) is 4.79 Å². The molecule has 4 aromatic carbocycles. The molecule has 0 spiro atoms. The average Bonchev–Trinajstić information content (AvgIpc) is 3.24. The number of fused-ring (bicyclic) bond motifs is 3. The second kappa shape index (κ2) is 10.6. The molecule has 1 aliphatic carbocycles. The van der Waals surface area contributed by atoms with Crippen LogP contribution in [0.5, 0.6) is 5.75 Å². The van der Waals surface area contributed by atoms with Crippen molar-refractivity contribution < 1.29 is 14.3 Å². The highest BCUT2D eigenvalue weighted by Crippen LogP contribution is 2.44. The smallest absolute Gasteiger partial charge is 0.407 e. The maximum atomic E-state index is 12.3. The van der Waals surface area contributed by atoms with Gasteiger partial charge in [-0.3, -0.25) is 0 Å². The van der Waals surface area contributed by atoms with Gasteiger partial charge in [-0.1, -0.05) is 90.7 Å². The van der Waals surface area contributed by atoms with Crippen LogP contribution in [0.25, 0.3) is 11.1 Å². The summed E-state index contributed by atoms with van der Waals surface area (Å²) < 4.78 is 11.3. The van der Waals surface area contributed by atoms with Crippen molar-refractivity contribution in [3.05, 3.63) is 125 Å². The van der Waals surface area contributed by atoms with E-state index in [0.29, 0.717) is 6.61 Å². The first kappa shape index (κ1) is 22.3. The Morgan fingerprint density at radius 3 is 2.09 bits per heavy atom. The van der Waals surface area contributed by atoms with E-state index in [9.17, 15) is 4.79 Å². The number of hydrogen-bond donors (Lipinski definition) is 1. The molecule has 0 saturated carbocycles. The van der Waals surface area contributed by atoms with Crippen LogP contribution in [0.15, 0.2) is 103 Å². The summed E-state index contributed by atoms with van der Waals surface area (Å²) in [5.74, 6) is 6.85. The van der Waals surface area contributed by atoms with Crippen LogP contribution in [-0.4, -0.2) is 19.2 Å². The van der Waals surface area contributed by atoms with Crippen molar-refractivity contribution >= 4 is 6.09 Å². The topological polar surface area (TPSA) is 47.6 Å². The molecule has 0 aliphatic heterocycles. The van der Waals surface area contributed by atoms with E-state index < -0.39 is 6.09 Å². The lowest BCUT2D eigenvalue weighted by Crippen LogP contribution is -2.26. The fourth-order valence-electron chi connectivity index (χ4n) is 4.29. The van der Waals surface area contributed by atoms with Gasteiger partial charge in [0.05, 0.1) is 6.54 Å². The molecular weight excluding hydrogens is 434 g/mol. The summed E-state index contributed by atoms with van der Waals surface area (Å²) in [7, 11) is 0. The number of rotatable bonds is 6. The van der Waals surface area contributed by atoms with E-state index in [1.807, 2.05) is 78.9 Å². The molecule has 1 amide bonds. The van der Waals surface area contributed by atoms with Crippen LogP contribution in [0, 0.1) is 11.8 Å². The minimum absolute atomic E-state index is 0.0434. The molecule has 4 heteroatoms. The highest BCUT2D eigenvalue weighted by Gasteiger charge is 2.28. The minimum atomic E-state index is -0.467. The molecular formula is C31H25NO3. The van der Waals surface area contributed by atoms with Crippen LogP contribution in [0.3, 0.4) is 0 Å². The Bertz CT molecular complexity index is 1320. The quantitative estimate of drug-likeness (QED) is 0.352. The van der Waals surface area contributed by atoms with Crippen molar-refractivity contribution in [3.8, 4) is 28.7 Å². The van der Waals surface area contributed by atoms with Crippen molar-refractivity contribution in [2.45, 2.75) is 12.5 Å². The number of nitrogens with one attached hydrogen (secondary N) is 1. The molecule has 1 N–H and O–H groups in total. The lowest BCUT2D eigenvalue weighted by molar-refractivity contribution is 0.144. The number of alkyl carbamates (subject to hydrolysis) is 1. The van der Waals surface area contributed by atoms with Gasteiger partial charge in [0.15, 0.2) is 0 Å². The summed E-state index contributed by atoms with van der Waals surface area (Å²) in [5, 5.41) is 2.72. The second-order valence-corrected chi connectivity index (χ2v) is 8.28. The van der Waals surface area contributed by atoms with Crippen LogP contribution in [0.2, 0.25) is 0 Å². The van der Waals surface area contributed by atoms with Gasteiger partial charge in [-0.2, -0.15) is 0 Å². The summed E-state index contributed by atoms with van der Waals surface area (Å²) >= 11 is 0. The van der Waals surface area contributed by atoms with E-state index in [4.69, 9.17) is 9.47 Å². The molecule has 0 radical (unpaired) electrons. The lowest BCUT2D eigenvalue weighted by atomic mass is 9.98. The van der Waals surface area contributed by atoms with Gasteiger partial charge in [0, 0.05) is 11.5 Å². The Balaban J connectivity index is 1.09. The molecule has 0 heterocycles. The molecule has 1 aliphatic rings. The lowest BCUT2D eigenvalue weighted by Gasteiger charge is -2.14. The fraction of sp³-hybridized carbons (Fsp3) is 0.129. The maximum Gasteiger partial charge on any atom is 0.407 e. The third kappa shape index (κ3) is 5.37. The highest BCUT2D eigenvalue weighted by atomic mass is 16.5. The number of hydrogen-bond acceptors (Lipinski definition) is 3. The van der Waals surface area contributed by atoms with Gasteiger partial charge in [-0.05, 0) is 52.1 Å². The Hall–Kier alpha value is -4.49. The van der Waals surface area contributed by atoms with Crippen LogP contribution >= 0.6 is 0 Å². The average molecular weight is 460 g/mol. The normalized spacial score (nSPS) is 11.5.